The molecule has 1 aliphatic rings. The van der Waals surface area contributed by atoms with Crippen molar-refractivity contribution >= 4 is 11.6 Å². The van der Waals surface area contributed by atoms with Gasteiger partial charge in [-0.2, -0.15) is 4.98 Å². The van der Waals surface area contributed by atoms with Crippen molar-refractivity contribution in [3.05, 3.63) is 29.4 Å². The Morgan fingerprint density at radius 1 is 1.39 bits per heavy atom. The molecule has 1 N–H and O–H groups in total. The quantitative estimate of drug-likeness (QED) is 0.835. The van der Waals surface area contributed by atoms with Crippen LogP contribution >= 0.6 is 11.6 Å². The molecule has 1 unspecified atom stereocenters. The fourth-order valence-corrected chi connectivity index (χ4v) is 2.59. The summed E-state index contributed by atoms with van der Waals surface area (Å²) >= 11 is 5.66. The summed E-state index contributed by atoms with van der Waals surface area (Å²) in [4.78, 5) is 11.9. The van der Waals surface area contributed by atoms with Crippen LogP contribution in [-0.2, 0) is 6.42 Å². The zero-order chi connectivity index (χ0) is 16.3. The summed E-state index contributed by atoms with van der Waals surface area (Å²) < 4.78 is 26.4. The van der Waals surface area contributed by atoms with Gasteiger partial charge >= 0.3 is 0 Å². The van der Waals surface area contributed by atoms with Crippen molar-refractivity contribution in [3.8, 4) is 5.75 Å². The van der Waals surface area contributed by atoms with E-state index in [0.29, 0.717) is 31.1 Å². The van der Waals surface area contributed by atoms with Crippen LogP contribution in [0.2, 0.25) is 5.28 Å². The van der Waals surface area contributed by atoms with Gasteiger partial charge in [-0.05, 0) is 37.5 Å². The Morgan fingerprint density at radius 3 is 2.70 bits per heavy atom. The third-order valence-electron chi connectivity index (χ3n) is 3.78. The Morgan fingerprint density at radius 2 is 2.09 bits per heavy atom. The third-order valence-corrected chi connectivity index (χ3v) is 3.97. The molecule has 0 spiro atoms. The lowest BCUT2D eigenvalue weighted by atomic mass is 9.88. The first kappa shape index (κ1) is 16.1. The highest BCUT2D eigenvalue weighted by molar-refractivity contribution is 6.28. The van der Waals surface area contributed by atoms with Crippen LogP contribution in [0.15, 0.2) is 16.9 Å². The van der Waals surface area contributed by atoms with Crippen molar-refractivity contribution in [2.24, 2.45) is 0 Å². The van der Waals surface area contributed by atoms with Crippen molar-refractivity contribution in [1.82, 2.24) is 25.4 Å². The van der Waals surface area contributed by atoms with E-state index >= 15 is 4.39 Å². The van der Waals surface area contributed by atoms with Crippen molar-refractivity contribution < 1.29 is 13.7 Å². The van der Waals surface area contributed by atoms with E-state index in [1.54, 1.807) is 0 Å². The summed E-state index contributed by atoms with van der Waals surface area (Å²) in [5.74, 6) is 0.936. The fraction of sp³-hybridized carbons (Fsp3) is 0.571. The molecule has 1 saturated heterocycles. The lowest BCUT2D eigenvalue weighted by molar-refractivity contribution is -0.0323. The predicted molar refractivity (Wildman–Crippen MR) is 80.0 cm³/mol. The van der Waals surface area contributed by atoms with Gasteiger partial charge < -0.3 is 14.6 Å². The molecular weight excluding hydrogens is 325 g/mol. The van der Waals surface area contributed by atoms with Crippen LogP contribution in [0, 0.1) is 0 Å². The third kappa shape index (κ3) is 3.59. The smallest absolute Gasteiger partial charge is 0.271 e. The van der Waals surface area contributed by atoms with Crippen LogP contribution in [0.4, 0.5) is 4.39 Å². The summed E-state index contributed by atoms with van der Waals surface area (Å²) in [6.07, 6.45) is 2.95. The van der Waals surface area contributed by atoms with Crippen molar-refractivity contribution in [2.75, 3.05) is 13.1 Å². The second-order valence-corrected chi connectivity index (χ2v) is 5.71. The van der Waals surface area contributed by atoms with Gasteiger partial charge in [0.25, 0.3) is 5.89 Å². The number of aromatic nitrogens is 4. The molecule has 2 aromatic heterocycles. The second kappa shape index (κ2) is 6.76. The molecule has 9 heteroatoms. The van der Waals surface area contributed by atoms with Crippen molar-refractivity contribution in [3.63, 3.8) is 0 Å². The zero-order valence-corrected chi connectivity index (χ0v) is 13.4. The Balaban J connectivity index is 1.90. The van der Waals surface area contributed by atoms with Crippen molar-refractivity contribution in [1.29, 1.82) is 0 Å². The summed E-state index contributed by atoms with van der Waals surface area (Å²) in [6.45, 7) is 3.01. The number of halogens is 2. The van der Waals surface area contributed by atoms with Crippen LogP contribution in [0.25, 0.3) is 0 Å². The molecule has 23 heavy (non-hydrogen) atoms. The highest BCUT2D eigenvalue weighted by Gasteiger charge is 2.46. The fourth-order valence-electron chi connectivity index (χ4n) is 2.50. The molecule has 1 aliphatic heterocycles. The predicted octanol–water partition coefficient (Wildman–Crippen LogP) is 2.29. The van der Waals surface area contributed by atoms with Gasteiger partial charge in [-0.15, -0.1) is 0 Å². The number of nitrogens with zero attached hydrogens (tertiary/aromatic N) is 4. The average molecular weight is 342 g/mol. The summed E-state index contributed by atoms with van der Waals surface area (Å²) in [5, 5.41) is 7.06. The number of ether oxygens (including phenoxy) is 1. The van der Waals surface area contributed by atoms with Crippen LogP contribution < -0.4 is 10.1 Å². The molecular formula is C14H17ClFN5O2. The van der Waals surface area contributed by atoms with E-state index in [-0.39, 0.29) is 24.0 Å². The van der Waals surface area contributed by atoms with E-state index in [9.17, 15) is 0 Å². The Bertz CT molecular complexity index is 645. The first-order chi connectivity index (χ1) is 11.1. The molecule has 0 bridgehead atoms. The summed E-state index contributed by atoms with van der Waals surface area (Å²) in [5.41, 5.74) is -1.61. The van der Waals surface area contributed by atoms with Gasteiger partial charge in [0.05, 0.1) is 12.4 Å². The highest BCUT2D eigenvalue weighted by Crippen LogP contribution is 2.39. The van der Waals surface area contributed by atoms with Gasteiger partial charge in [0.1, 0.15) is 0 Å². The molecule has 0 amide bonds. The van der Waals surface area contributed by atoms with Gasteiger partial charge in [-0.25, -0.2) is 14.4 Å². The SMILES string of the molecule is CCc1noc(C(Oc2cnc(Cl)nc2)C2(F)CCNCC2)n1. The molecule has 2 aromatic rings. The van der Waals surface area contributed by atoms with E-state index in [4.69, 9.17) is 20.9 Å². The van der Waals surface area contributed by atoms with Gasteiger partial charge in [0.2, 0.25) is 11.4 Å². The molecule has 124 valence electrons. The van der Waals surface area contributed by atoms with E-state index in [1.807, 2.05) is 6.92 Å². The largest absolute Gasteiger partial charge is 0.474 e. The normalized spacial score (nSPS) is 18.6. The molecule has 0 aliphatic carbocycles. The van der Waals surface area contributed by atoms with Gasteiger partial charge in [-0.1, -0.05) is 12.1 Å². The number of alkyl halides is 1. The maximum Gasteiger partial charge on any atom is 0.271 e. The molecule has 7 nitrogen and oxygen atoms in total. The summed E-state index contributed by atoms with van der Waals surface area (Å²) in [6, 6.07) is 0. The minimum atomic E-state index is -1.61. The monoisotopic (exact) mass is 341 g/mol. The molecule has 1 fully saturated rings. The molecule has 0 radical (unpaired) electrons. The lowest BCUT2D eigenvalue weighted by Gasteiger charge is -2.34. The Kier molecular flexibility index (Phi) is 4.72. The minimum Gasteiger partial charge on any atom is -0.474 e. The topological polar surface area (TPSA) is 86.0 Å². The Hall–Kier alpha value is -1.80. The maximum absolute atomic E-state index is 15.4. The lowest BCUT2D eigenvalue weighted by Crippen LogP contribution is -2.45. The number of aryl methyl sites for hydroxylation is 1. The second-order valence-electron chi connectivity index (χ2n) is 5.37. The van der Waals surface area contributed by atoms with E-state index in [2.05, 4.69) is 25.4 Å². The highest BCUT2D eigenvalue weighted by atomic mass is 35.5. The van der Waals surface area contributed by atoms with Crippen LogP contribution in [0.1, 0.15) is 37.6 Å². The van der Waals surface area contributed by atoms with Gasteiger partial charge in [0, 0.05) is 6.42 Å². The zero-order valence-electron chi connectivity index (χ0n) is 12.6. The number of hydrogen-bond acceptors (Lipinski definition) is 7. The first-order valence-corrected chi connectivity index (χ1v) is 7.85. The number of piperidine rings is 1. The van der Waals surface area contributed by atoms with E-state index < -0.39 is 11.8 Å². The standard InChI is InChI=1S/C14H17ClFN5O2/c1-2-10-20-12(23-21-10)11(14(16)3-5-17-6-4-14)22-9-7-18-13(15)19-8-9/h7-8,11,17H,2-6H2,1H3. The summed E-state index contributed by atoms with van der Waals surface area (Å²) in [7, 11) is 0. The average Bonchev–Trinajstić information content (AvgIpc) is 3.03. The maximum atomic E-state index is 15.4. The molecule has 0 saturated carbocycles. The van der Waals surface area contributed by atoms with Crippen LogP contribution in [0.3, 0.4) is 0 Å². The molecule has 3 rings (SSSR count). The van der Waals surface area contributed by atoms with Crippen LogP contribution in [-0.4, -0.2) is 38.9 Å². The van der Waals surface area contributed by atoms with Crippen molar-refractivity contribution in [2.45, 2.75) is 38.0 Å². The number of rotatable bonds is 5. The minimum absolute atomic E-state index is 0.0942. The molecule has 1 atom stereocenters. The number of hydrogen-bond donors (Lipinski definition) is 1. The molecule has 3 heterocycles. The van der Waals surface area contributed by atoms with E-state index in [0.717, 1.165) is 0 Å². The van der Waals surface area contributed by atoms with Gasteiger partial charge in [0.15, 0.2) is 17.2 Å². The Labute approximate surface area is 137 Å². The van der Waals surface area contributed by atoms with E-state index in [1.165, 1.54) is 12.4 Å². The van der Waals surface area contributed by atoms with Gasteiger partial charge in [-0.3, -0.25) is 0 Å². The molecule has 0 aromatic carbocycles. The number of nitrogens with one attached hydrogen (secondary N) is 1. The van der Waals surface area contributed by atoms with Crippen LogP contribution in [0.5, 0.6) is 5.75 Å². The first-order valence-electron chi connectivity index (χ1n) is 7.47.